The van der Waals surface area contributed by atoms with Gasteiger partial charge in [-0.05, 0) is 49.6 Å². The number of aryl methyl sites for hydroxylation is 2. The van der Waals surface area contributed by atoms with Gasteiger partial charge in [-0.2, -0.15) is 0 Å². The van der Waals surface area contributed by atoms with Crippen LogP contribution < -0.4 is 10.6 Å². The van der Waals surface area contributed by atoms with E-state index in [9.17, 15) is 0 Å². The molecule has 0 saturated carbocycles. The highest BCUT2D eigenvalue weighted by Gasteiger charge is 2.33. The zero-order valence-corrected chi connectivity index (χ0v) is 14.6. The smallest absolute Gasteiger partial charge is 0.227 e. The van der Waals surface area contributed by atoms with Gasteiger partial charge in [0.05, 0.1) is 5.69 Å². The molecule has 0 amide bonds. The predicted octanol–water partition coefficient (Wildman–Crippen LogP) is 2.76. The maximum atomic E-state index is 4.77. The normalized spacial score (nSPS) is 23.5. The van der Waals surface area contributed by atoms with Crippen molar-refractivity contribution in [2.24, 2.45) is 5.92 Å². The van der Waals surface area contributed by atoms with Crippen LogP contribution >= 0.6 is 0 Å². The number of anilines is 2. The van der Waals surface area contributed by atoms with Crippen LogP contribution in [0.25, 0.3) is 0 Å². The predicted molar refractivity (Wildman–Crippen MR) is 96.3 cm³/mol. The quantitative estimate of drug-likeness (QED) is 0.910. The molecule has 2 aliphatic rings. The summed E-state index contributed by atoms with van der Waals surface area (Å²) in [4.78, 5) is 11.8. The number of nitrogens with zero attached hydrogens (tertiary/aromatic N) is 3. The molecule has 3 heterocycles. The summed E-state index contributed by atoms with van der Waals surface area (Å²) in [5.41, 5.74) is 5.96. The Morgan fingerprint density at radius 3 is 2.62 bits per heavy atom. The monoisotopic (exact) mass is 323 g/mol. The average molecular weight is 323 g/mol. The van der Waals surface area contributed by atoms with Crippen molar-refractivity contribution in [1.82, 2.24) is 20.2 Å². The second-order valence-electron chi connectivity index (χ2n) is 7.27. The van der Waals surface area contributed by atoms with E-state index < -0.39 is 0 Å². The summed E-state index contributed by atoms with van der Waals surface area (Å²) in [6.07, 6.45) is 1.99. The van der Waals surface area contributed by atoms with Crippen molar-refractivity contribution < 1.29 is 0 Å². The van der Waals surface area contributed by atoms with Crippen LogP contribution in [-0.2, 0) is 13.1 Å². The number of aromatic nitrogens is 2. The van der Waals surface area contributed by atoms with E-state index in [1.807, 2.05) is 6.20 Å². The summed E-state index contributed by atoms with van der Waals surface area (Å²) in [5.74, 6) is 1.39. The molecule has 1 aromatic carbocycles. The summed E-state index contributed by atoms with van der Waals surface area (Å²) >= 11 is 0. The molecule has 5 heteroatoms. The molecule has 4 rings (SSSR count). The van der Waals surface area contributed by atoms with Gasteiger partial charge in [-0.25, -0.2) is 9.97 Å². The number of hydrogen-bond acceptors (Lipinski definition) is 5. The van der Waals surface area contributed by atoms with E-state index in [1.54, 1.807) is 0 Å². The molecular formula is C19H25N5. The van der Waals surface area contributed by atoms with E-state index in [0.29, 0.717) is 17.9 Å². The molecule has 2 aromatic rings. The molecule has 1 fully saturated rings. The zero-order chi connectivity index (χ0) is 16.7. The molecule has 1 aromatic heterocycles. The minimum absolute atomic E-state index is 0.607. The van der Waals surface area contributed by atoms with Crippen molar-refractivity contribution in [1.29, 1.82) is 0 Å². The van der Waals surface area contributed by atoms with Gasteiger partial charge in [0.15, 0.2) is 0 Å². The maximum Gasteiger partial charge on any atom is 0.227 e. The summed E-state index contributed by atoms with van der Waals surface area (Å²) in [7, 11) is 0. The molecule has 5 nitrogen and oxygen atoms in total. The first-order chi connectivity index (χ1) is 11.6. The summed E-state index contributed by atoms with van der Waals surface area (Å²) in [6, 6.07) is 7.03. The molecule has 0 radical (unpaired) electrons. The topological polar surface area (TPSA) is 53.1 Å². The Morgan fingerprint density at radius 2 is 1.92 bits per heavy atom. The van der Waals surface area contributed by atoms with Crippen molar-refractivity contribution in [2.45, 2.75) is 39.9 Å². The number of benzene rings is 1. The Bertz CT molecular complexity index is 737. The summed E-state index contributed by atoms with van der Waals surface area (Å²) in [5, 5.41) is 6.85. The minimum atomic E-state index is 0.607. The van der Waals surface area contributed by atoms with Gasteiger partial charge in [-0.1, -0.05) is 13.0 Å². The lowest BCUT2D eigenvalue weighted by Gasteiger charge is -2.25. The van der Waals surface area contributed by atoms with Gasteiger partial charge in [-0.3, -0.25) is 4.90 Å². The van der Waals surface area contributed by atoms with Crippen LogP contribution in [0.5, 0.6) is 0 Å². The molecular weight excluding hydrogens is 298 g/mol. The molecule has 2 unspecified atom stereocenters. The minimum Gasteiger partial charge on any atom is -0.324 e. The van der Waals surface area contributed by atoms with Crippen molar-refractivity contribution in [2.75, 3.05) is 18.4 Å². The van der Waals surface area contributed by atoms with E-state index in [2.05, 4.69) is 59.5 Å². The number of fused-ring (bicyclic) bond motifs is 1. The first kappa shape index (κ1) is 15.5. The van der Waals surface area contributed by atoms with Gasteiger partial charge in [0.1, 0.15) is 0 Å². The highest BCUT2D eigenvalue weighted by atomic mass is 15.2. The largest absolute Gasteiger partial charge is 0.324 e. The van der Waals surface area contributed by atoms with Crippen LogP contribution in [0.2, 0.25) is 0 Å². The molecule has 0 aliphatic carbocycles. The van der Waals surface area contributed by atoms with Crippen LogP contribution in [0.3, 0.4) is 0 Å². The Kier molecular flexibility index (Phi) is 3.98. The summed E-state index contributed by atoms with van der Waals surface area (Å²) < 4.78 is 0. The third kappa shape index (κ3) is 3.01. The van der Waals surface area contributed by atoms with E-state index in [-0.39, 0.29) is 0 Å². The molecule has 126 valence electrons. The van der Waals surface area contributed by atoms with Crippen molar-refractivity contribution in [3.63, 3.8) is 0 Å². The molecule has 2 aliphatic heterocycles. The maximum absolute atomic E-state index is 4.77. The highest BCUT2D eigenvalue weighted by Crippen LogP contribution is 2.28. The lowest BCUT2D eigenvalue weighted by Crippen LogP contribution is -2.36. The zero-order valence-electron chi connectivity index (χ0n) is 14.6. The number of nitrogens with one attached hydrogen (secondary N) is 2. The molecule has 24 heavy (non-hydrogen) atoms. The van der Waals surface area contributed by atoms with E-state index in [1.165, 1.54) is 16.7 Å². The van der Waals surface area contributed by atoms with Gasteiger partial charge in [0.2, 0.25) is 5.95 Å². The second-order valence-corrected chi connectivity index (χ2v) is 7.27. The van der Waals surface area contributed by atoms with Gasteiger partial charge < -0.3 is 10.6 Å². The van der Waals surface area contributed by atoms with Crippen LogP contribution in [-0.4, -0.2) is 34.0 Å². The van der Waals surface area contributed by atoms with Crippen molar-refractivity contribution in [3.05, 3.63) is 46.8 Å². The van der Waals surface area contributed by atoms with E-state index in [4.69, 9.17) is 4.98 Å². The molecule has 0 spiro atoms. The van der Waals surface area contributed by atoms with E-state index in [0.717, 1.165) is 37.6 Å². The Labute approximate surface area is 143 Å². The standard InChI is InChI=1S/C19H25N5/c1-12-4-13(2)6-16(5-12)22-19-21-8-15-10-24(11-17(15)23-19)18-9-20-7-14(18)3/h4-6,8,14,18,20H,7,9-11H2,1-3H3,(H,21,22,23). The van der Waals surface area contributed by atoms with Gasteiger partial charge >= 0.3 is 0 Å². The lowest BCUT2D eigenvalue weighted by atomic mass is 10.1. The number of rotatable bonds is 3. The van der Waals surface area contributed by atoms with E-state index >= 15 is 0 Å². The van der Waals surface area contributed by atoms with Gasteiger partial charge in [-0.15, -0.1) is 0 Å². The fourth-order valence-electron chi connectivity index (χ4n) is 3.93. The van der Waals surface area contributed by atoms with Crippen LogP contribution in [0, 0.1) is 19.8 Å². The Hall–Kier alpha value is -1.98. The van der Waals surface area contributed by atoms with Crippen molar-refractivity contribution >= 4 is 11.6 Å². The third-order valence-corrected chi connectivity index (χ3v) is 5.10. The molecule has 1 saturated heterocycles. The average Bonchev–Trinajstić information content (AvgIpc) is 3.11. The molecule has 2 atom stereocenters. The first-order valence-corrected chi connectivity index (χ1v) is 8.73. The van der Waals surface area contributed by atoms with Gasteiger partial charge in [0, 0.05) is 43.1 Å². The fourth-order valence-corrected chi connectivity index (χ4v) is 3.93. The van der Waals surface area contributed by atoms with Crippen LogP contribution in [0.15, 0.2) is 24.4 Å². The first-order valence-electron chi connectivity index (χ1n) is 8.73. The van der Waals surface area contributed by atoms with Crippen LogP contribution in [0.1, 0.15) is 29.3 Å². The third-order valence-electron chi connectivity index (χ3n) is 5.10. The van der Waals surface area contributed by atoms with Crippen LogP contribution in [0.4, 0.5) is 11.6 Å². The fraction of sp³-hybridized carbons (Fsp3) is 0.474. The second kappa shape index (κ2) is 6.15. The Balaban J connectivity index is 1.51. The van der Waals surface area contributed by atoms with Crippen molar-refractivity contribution in [3.8, 4) is 0 Å². The SMILES string of the molecule is Cc1cc(C)cc(Nc2ncc3c(n2)CN(C2CNCC2C)C3)c1. The molecule has 2 N–H and O–H groups in total. The lowest BCUT2D eigenvalue weighted by molar-refractivity contribution is 0.179. The molecule has 0 bridgehead atoms. The highest BCUT2D eigenvalue weighted by molar-refractivity contribution is 5.56. The Morgan fingerprint density at radius 1 is 1.12 bits per heavy atom. The number of hydrogen-bond donors (Lipinski definition) is 2. The summed E-state index contributed by atoms with van der Waals surface area (Å²) in [6.45, 7) is 10.6. The van der Waals surface area contributed by atoms with Gasteiger partial charge in [0.25, 0.3) is 0 Å².